The van der Waals surface area contributed by atoms with Gasteiger partial charge in [0.15, 0.2) is 23.1 Å². The monoisotopic (exact) mass is 306 g/mol. The number of fused-ring (bicyclic) bond motifs is 1. The van der Waals surface area contributed by atoms with E-state index in [0.29, 0.717) is 47.6 Å². The predicted molar refractivity (Wildman–Crippen MR) is 82.7 cm³/mol. The average Bonchev–Trinajstić information content (AvgIpc) is 2.64. The highest BCUT2D eigenvalue weighted by molar-refractivity contribution is 6.14. The first kappa shape index (κ1) is 16.3. The smallest absolute Gasteiger partial charge is 0.172 e. The predicted octanol–water partition coefficient (Wildman–Crippen LogP) is 3.39. The maximum absolute atomic E-state index is 12.5. The molecule has 0 saturated heterocycles. The zero-order chi connectivity index (χ0) is 16.4. The normalized spacial score (nSPS) is 14.6. The molecule has 0 heterocycles. The Hall–Kier alpha value is -2.04. The maximum Gasteiger partial charge on any atom is 0.172 e. The highest BCUT2D eigenvalue weighted by Crippen LogP contribution is 2.48. The van der Waals surface area contributed by atoms with Crippen molar-refractivity contribution in [2.24, 2.45) is 0 Å². The number of carbonyl (C=O) groups excluding carboxylic acids is 2. The lowest BCUT2D eigenvalue weighted by Gasteiger charge is -2.23. The summed E-state index contributed by atoms with van der Waals surface area (Å²) in [4.78, 5) is 25.0. The van der Waals surface area contributed by atoms with Crippen LogP contribution in [0.2, 0.25) is 0 Å². The minimum atomic E-state index is -0.107. The number of benzene rings is 1. The molecule has 0 spiro atoms. The number of methoxy groups -OCH3 is 3. The fourth-order valence-corrected chi connectivity index (χ4v) is 3.03. The van der Waals surface area contributed by atoms with Crippen LogP contribution < -0.4 is 14.2 Å². The molecule has 0 aliphatic heterocycles. The van der Waals surface area contributed by atoms with Crippen molar-refractivity contribution < 1.29 is 23.8 Å². The van der Waals surface area contributed by atoms with E-state index in [9.17, 15) is 9.59 Å². The Morgan fingerprint density at radius 2 is 1.23 bits per heavy atom. The fraction of sp³-hybridized carbons (Fsp3) is 0.529. The van der Waals surface area contributed by atoms with Crippen LogP contribution in [0.25, 0.3) is 0 Å². The highest BCUT2D eigenvalue weighted by Gasteiger charge is 2.35. The number of ketones is 2. The lowest BCUT2D eigenvalue weighted by Crippen LogP contribution is -2.13. The standard InChI is InChI=1S/C17H22O5/c1-9(2)12-15(20-3)13-10(18)7-6-8-11(19)14(13)17(22-5)16(12)21-4/h9H,6-8H2,1-5H3. The third kappa shape index (κ3) is 2.45. The largest absolute Gasteiger partial charge is 0.496 e. The third-order valence-corrected chi connectivity index (χ3v) is 3.95. The van der Waals surface area contributed by atoms with E-state index in [2.05, 4.69) is 0 Å². The second kappa shape index (κ2) is 6.38. The lowest BCUT2D eigenvalue weighted by atomic mass is 9.90. The van der Waals surface area contributed by atoms with E-state index in [-0.39, 0.29) is 17.5 Å². The van der Waals surface area contributed by atoms with Crippen LogP contribution in [0.5, 0.6) is 17.2 Å². The Morgan fingerprint density at radius 3 is 1.64 bits per heavy atom. The molecule has 0 atom stereocenters. The van der Waals surface area contributed by atoms with Gasteiger partial charge in [-0.25, -0.2) is 0 Å². The van der Waals surface area contributed by atoms with Gasteiger partial charge < -0.3 is 14.2 Å². The molecule has 0 bridgehead atoms. The quantitative estimate of drug-likeness (QED) is 0.798. The topological polar surface area (TPSA) is 61.8 Å². The molecule has 2 rings (SSSR count). The van der Waals surface area contributed by atoms with Gasteiger partial charge in [-0.2, -0.15) is 0 Å². The first-order valence-electron chi connectivity index (χ1n) is 7.40. The van der Waals surface area contributed by atoms with Crippen LogP contribution in [-0.2, 0) is 0 Å². The molecule has 0 N–H and O–H groups in total. The summed E-state index contributed by atoms with van der Waals surface area (Å²) in [7, 11) is 4.52. The Morgan fingerprint density at radius 1 is 0.773 bits per heavy atom. The third-order valence-electron chi connectivity index (χ3n) is 3.95. The van der Waals surface area contributed by atoms with Crippen LogP contribution in [-0.4, -0.2) is 32.9 Å². The minimum Gasteiger partial charge on any atom is -0.496 e. The summed E-state index contributed by atoms with van der Waals surface area (Å²) in [5.74, 6) is 1.10. The van der Waals surface area contributed by atoms with Crippen LogP contribution in [0.4, 0.5) is 0 Å². The molecule has 1 aromatic rings. The van der Waals surface area contributed by atoms with Gasteiger partial charge in [-0.3, -0.25) is 9.59 Å². The van der Waals surface area contributed by atoms with Crippen molar-refractivity contribution in [1.82, 2.24) is 0 Å². The maximum atomic E-state index is 12.5. The van der Waals surface area contributed by atoms with E-state index in [4.69, 9.17) is 14.2 Å². The molecule has 0 aromatic heterocycles. The molecule has 1 aliphatic carbocycles. The molecule has 5 heteroatoms. The van der Waals surface area contributed by atoms with Gasteiger partial charge in [0.2, 0.25) is 0 Å². The van der Waals surface area contributed by atoms with Crippen LogP contribution in [0.1, 0.15) is 65.3 Å². The van der Waals surface area contributed by atoms with Gasteiger partial charge >= 0.3 is 0 Å². The number of carbonyl (C=O) groups is 2. The first-order chi connectivity index (χ1) is 10.5. The molecule has 120 valence electrons. The number of rotatable bonds is 4. The van der Waals surface area contributed by atoms with Gasteiger partial charge in [0.1, 0.15) is 5.75 Å². The molecular weight excluding hydrogens is 284 g/mol. The molecular formula is C17H22O5. The average molecular weight is 306 g/mol. The van der Waals surface area contributed by atoms with E-state index in [0.717, 1.165) is 5.56 Å². The summed E-state index contributed by atoms with van der Waals surface area (Å²) in [6, 6.07) is 0. The Labute approximate surface area is 130 Å². The SMILES string of the molecule is COc1c(OC)c(C(C)C)c(OC)c2c1C(=O)CCCC2=O. The van der Waals surface area contributed by atoms with Crippen molar-refractivity contribution in [2.45, 2.75) is 39.0 Å². The Bertz CT molecular complexity index is 616. The van der Waals surface area contributed by atoms with Gasteiger partial charge in [-0.05, 0) is 12.3 Å². The van der Waals surface area contributed by atoms with Crippen molar-refractivity contribution in [3.63, 3.8) is 0 Å². The van der Waals surface area contributed by atoms with Gasteiger partial charge in [-0.15, -0.1) is 0 Å². The first-order valence-corrected chi connectivity index (χ1v) is 7.40. The highest BCUT2D eigenvalue weighted by atomic mass is 16.5. The van der Waals surface area contributed by atoms with E-state index < -0.39 is 0 Å². The van der Waals surface area contributed by atoms with E-state index in [1.54, 1.807) is 0 Å². The Balaban J connectivity index is 2.98. The summed E-state index contributed by atoms with van der Waals surface area (Å²) in [5.41, 5.74) is 1.39. The summed E-state index contributed by atoms with van der Waals surface area (Å²) in [6.45, 7) is 3.96. The molecule has 0 radical (unpaired) electrons. The van der Waals surface area contributed by atoms with Gasteiger partial charge in [0, 0.05) is 18.4 Å². The molecule has 0 unspecified atom stereocenters. The van der Waals surface area contributed by atoms with Crippen LogP contribution >= 0.6 is 0 Å². The van der Waals surface area contributed by atoms with Crippen molar-refractivity contribution in [1.29, 1.82) is 0 Å². The van der Waals surface area contributed by atoms with Gasteiger partial charge in [0.25, 0.3) is 0 Å². The second-order valence-electron chi connectivity index (χ2n) is 5.62. The molecule has 1 aliphatic rings. The molecule has 1 aromatic carbocycles. The lowest BCUT2D eigenvalue weighted by molar-refractivity contribution is 0.0974. The van der Waals surface area contributed by atoms with Crippen molar-refractivity contribution in [3.8, 4) is 17.2 Å². The molecule has 0 amide bonds. The van der Waals surface area contributed by atoms with Gasteiger partial charge in [0.05, 0.1) is 32.5 Å². The summed E-state index contributed by atoms with van der Waals surface area (Å²) < 4.78 is 16.5. The zero-order valence-electron chi connectivity index (χ0n) is 13.7. The summed E-state index contributed by atoms with van der Waals surface area (Å²) >= 11 is 0. The zero-order valence-corrected chi connectivity index (χ0v) is 13.7. The van der Waals surface area contributed by atoms with Crippen molar-refractivity contribution >= 4 is 11.6 Å². The molecule has 0 fully saturated rings. The van der Waals surface area contributed by atoms with Crippen LogP contribution in [0, 0.1) is 0 Å². The van der Waals surface area contributed by atoms with Crippen molar-refractivity contribution in [3.05, 3.63) is 16.7 Å². The number of hydrogen-bond donors (Lipinski definition) is 0. The molecule has 22 heavy (non-hydrogen) atoms. The van der Waals surface area contributed by atoms with Crippen LogP contribution in [0.3, 0.4) is 0 Å². The second-order valence-corrected chi connectivity index (χ2v) is 5.62. The number of ether oxygens (including phenoxy) is 3. The molecule has 0 saturated carbocycles. The number of hydrogen-bond acceptors (Lipinski definition) is 5. The van der Waals surface area contributed by atoms with Crippen molar-refractivity contribution in [2.75, 3.05) is 21.3 Å². The number of Topliss-reactive ketones (excluding diaryl/α,β-unsaturated/α-hetero) is 2. The van der Waals surface area contributed by atoms with E-state index in [1.807, 2.05) is 13.8 Å². The summed E-state index contributed by atoms with van der Waals surface area (Å²) in [6.07, 6.45) is 1.20. The van der Waals surface area contributed by atoms with Crippen LogP contribution in [0.15, 0.2) is 0 Å². The van der Waals surface area contributed by atoms with E-state index in [1.165, 1.54) is 21.3 Å². The van der Waals surface area contributed by atoms with E-state index >= 15 is 0 Å². The summed E-state index contributed by atoms with van der Waals surface area (Å²) in [5, 5.41) is 0. The molecule has 5 nitrogen and oxygen atoms in total. The van der Waals surface area contributed by atoms with Gasteiger partial charge in [-0.1, -0.05) is 13.8 Å². The Kier molecular flexibility index (Phi) is 4.74. The fourth-order valence-electron chi connectivity index (χ4n) is 3.03. The minimum absolute atomic E-state index is 0.0512.